The quantitative estimate of drug-likeness (QED) is 0.236. The third kappa shape index (κ3) is 10.2. The molecule has 1 aromatic carbocycles. The van der Waals surface area contributed by atoms with Crippen LogP contribution in [0.2, 0.25) is 0 Å². The summed E-state index contributed by atoms with van der Waals surface area (Å²) >= 11 is 0. The fourth-order valence-corrected chi connectivity index (χ4v) is 4.16. The first kappa shape index (κ1) is 26.8. The maximum absolute atomic E-state index is 12.3. The number of rotatable bonds is 10. The molecule has 1 amide bonds. The molecule has 1 fully saturated rings. The predicted molar refractivity (Wildman–Crippen MR) is 135 cm³/mol. The van der Waals surface area contributed by atoms with Crippen molar-refractivity contribution in [2.24, 2.45) is 4.99 Å². The van der Waals surface area contributed by atoms with Crippen LogP contribution < -0.4 is 16.0 Å². The summed E-state index contributed by atoms with van der Waals surface area (Å²) in [6, 6.07) is 9.85. The first-order valence-corrected chi connectivity index (χ1v) is 11.9. The molecule has 1 aliphatic heterocycles. The van der Waals surface area contributed by atoms with E-state index >= 15 is 0 Å². The molecule has 7 nitrogen and oxygen atoms in total. The lowest BCUT2D eigenvalue weighted by atomic mass is 10.1. The topological polar surface area (TPSA) is 85.8 Å². The zero-order chi connectivity index (χ0) is 20.9. The van der Waals surface area contributed by atoms with E-state index in [1.165, 1.54) is 0 Å². The molecule has 2 rings (SSSR count). The van der Waals surface area contributed by atoms with Gasteiger partial charge in [-0.05, 0) is 38.3 Å². The minimum Gasteiger partial charge on any atom is -0.357 e. The van der Waals surface area contributed by atoms with Crippen LogP contribution in [0.3, 0.4) is 0 Å². The molecule has 1 aromatic rings. The van der Waals surface area contributed by atoms with Gasteiger partial charge in [0.15, 0.2) is 5.96 Å². The van der Waals surface area contributed by atoms with Crippen molar-refractivity contribution in [3.63, 3.8) is 0 Å². The minimum absolute atomic E-state index is 0. The molecular weight excluding hydrogens is 513 g/mol. The Labute approximate surface area is 200 Å². The summed E-state index contributed by atoms with van der Waals surface area (Å²) in [6.45, 7) is 8.40. The molecule has 3 N–H and O–H groups in total. The van der Waals surface area contributed by atoms with Crippen molar-refractivity contribution in [3.05, 3.63) is 30.3 Å². The maximum Gasteiger partial charge on any atom is 0.234 e. The average Bonchev–Trinajstić information content (AvgIpc) is 2.74. The molecule has 0 radical (unpaired) electrons. The van der Waals surface area contributed by atoms with Crippen LogP contribution in [0.5, 0.6) is 0 Å². The Morgan fingerprint density at radius 3 is 2.50 bits per heavy atom. The van der Waals surface area contributed by atoms with Crippen molar-refractivity contribution in [2.45, 2.75) is 44.0 Å². The second-order valence-electron chi connectivity index (χ2n) is 7.17. The van der Waals surface area contributed by atoms with Crippen LogP contribution in [-0.2, 0) is 15.6 Å². The van der Waals surface area contributed by atoms with E-state index in [1.54, 1.807) is 0 Å². The van der Waals surface area contributed by atoms with Crippen LogP contribution in [-0.4, -0.2) is 72.0 Å². The van der Waals surface area contributed by atoms with Crippen molar-refractivity contribution < 1.29 is 9.00 Å². The largest absolute Gasteiger partial charge is 0.357 e. The SMILES string of the molecule is CCCNC(=O)CN1CCC(NC(=NCCS(=O)c2ccccc2)NCC)CC1.I. The van der Waals surface area contributed by atoms with E-state index < -0.39 is 10.8 Å². The summed E-state index contributed by atoms with van der Waals surface area (Å²) < 4.78 is 12.3. The van der Waals surface area contributed by atoms with E-state index in [-0.39, 0.29) is 29.9 Å². The number of halogens is 1. The van der Waals surface area contributed by atoms with Crippen molar-refractivity contribution in [1.82, 2.24) is 20.9 Å². The van der Waals surface area contributed by atoms with Gasteiger partial charge in [0.25, 0.3) is 0 Å². The van der Waals surface area contributed by atoms with Gasteiger partial charge < -0.3 is 16.0 Å². The number of carbonyl (C=O) groups excluding carboxylic acids is 1. The summed E-state index contributed by atoms with van der Waals surface area (Å²) in [6.07, 6.45) is 2.91. The van der Waals surface area contributed by atoms with Crippen LogP contribution in [0.4, 0.5) is 0 Å². The lowest BCUT2D eigenvalue weighted by molar-refractivity contribution is -0.122. The summed E-state index contributed by atoms with van der Waals surface area (Å²) in [4.78, 5) is 19.5. The second kappa shape index (κ2) is 15.6. The van der Waals surface area contributed by atoms with Crippen LogP contribution in [0, 0.1) is 0 Å². The standard InChI is InChI=1S/C21H35N5O2S.HI/c1-3-12-23-20(27)17-26-14-10-18(11-15-26)25-21(22-4-2)24-13-16-29(28)19-8-6-5-7-9-19;/h5-9,18H,3-4,10-17H2,1-2H3,(H,23,27)(H2,22,24,25);1H. The molecule has 0 spiro atoms. The number of amides is 1. The van der Waals surface area contributed by atoms with Gasteiger partial charge in [-0.1, -0.05) is 25.1 Å². The highest BCUT2D eigenvalue weighted by Gasteiger charge is 2.21. The fraction of sp³-hybridized carbons (Fsp3) is 0.619. The van der Waals surface area contributed by atoms with E-state index in [0.29, 0.717) is 24.9 Å². The van der Waals surface area contributed by atoms with Gasteiger partial charge in [0.05, 0.1) is 23.9 Å². The van der Waals surface area contributed by atoms with Crippen molar-refractivity contribution in [2.75, 3.05) is 45.0 Å². The zero-order valence-corrected chi connectivity index (χ0v) is 21.2. The Morgan fingerprint density at radius 1 is 1.17 bits per heavy atom. The molecule has 0 aliphatic carbocycles. The van der Waals surface area contributed by atoms with Gasteiger partial charge in [-0.15, -0.1) is 24.0 Å². The summed E-state index contributed by atoms with van der Waals surface area (Å²) in [5.41, 5.74) is 0. The van der Waals surface area contributed by atoms with Crippen LogP contribution in [0.25, 0.3) is 0 Å². The number of likely N-dealkylation sites (tertiary alicyclic amines) is 1. The highest BCUT2D eigenvalue weighted by Crippen LogP contribution is 2.10. The number of benzene rings is 1. The Morgan fingerprint density at radius 2 is 1.87 bits per heavy atom. The third-order valence-corrected chi connectivity index (χ3v) is 6.12. The minimum atomic E-state index is -1.03. The molecule has 170 valence electrons. The fourth-order valence-electron chi connectivity index (χ4n) is 3.20. The van der Waals surface area contributed by atoms with E-state index in [4.69, 9.17) is 0 Å². The number of hydrogen-bond donors (Lipinski definition) is 3. The molecule has 0 bridgehead atoms. The predicted octanol–water partition coefficient (Wildman–Crippen LogP) is 1.96. The number of carbonyl (C=O) groups is 1. The Hall–Kier alpha value is -1.20. The van der Waals surface area contributed by atoms with Crippen molar-refractivity contribution in [3.8, 4) is 0 Å². The highest BCUT2D eigenvalue weighted by molar-refractivity contribution is 14.0. The average molecular weight is 550 g/mol. The van der Waals surface area contributed by atoms with E-state index in [9.17, 15) is 9.00 Å². The number of hydrogen-bond acceptors (Lipinski definition) is 4. The smallest absolute Gasteiger partial charge is 0.234 e. The van der Waals surface area contributed by atoms with Gasteiger partial charge in [0.1, 0.15) is 0 Å². The van der Waals surface area contributed by atoms with Crippen LogP contribution >= 0.6 is 24.0 Å². The van der Waals surface area contributed by atoms with Gasteiger partial charge in [0.2, 0.25) is 5.91 Å². The zero-order valence-electron chi connectivity index (χ0n) is 18.1. The van der Waals surface area contributed by atoms with Gasteiger partial charge in [0, 0.05) is 42.9 Å². The normalized spacial score (nSPS) is 16.4. The van der Waals surface area contributed by atoms with Crippen LogP contribution in [0.15, 0.2) is 40.2 Å². The number of nitrogens with one attached hydrogen (secondary N) is 3. The molecule has 1 atom stereocenters. The van der Waals surface area contributed by atoms with Gasteiger partial charge in [-0.3, -0.25) is 18.9 Å². The number of aliphatic imine (C=N–C) groups is 1. The molecule has 1 heterocycles. The molecule has 0 saturated carbocycles. The van der Waals surface area contributed by atoms with Crippen molar-refractivity contribution in [1.29, 1.82) is 0 Å². The summed E-state index contributed by atoms with van der Waals surface area (Å²) in [5, 5.41) is 9.70. The molecule has 1 unspecified atom stereocenters. The molecule has 1 aliphatic rings. The van der Waals surface area contributed by atoms with Crippen LogP contribution in [0.1, 0.15) is 33.1 Å². The third-order valence-electron chi connectivity index (χ3n) is 4.76. The summed E-state index contributed by atoms with van der Waals surface area (Å²) in [5.74, 6) is 1.39. The Bertz CT molecular complexity index is 667. The van der Waals surface area contributed by atoms with E-state index in [0.717, 1.165) is 56.3 Å². The van der Waals surface area contributed by atoms with E-state index in [2.05, 4.69) is 32.8 Å². The first-order valence-electron chi connectivity index (χ1n) is 10.6. The maximum atomic E-state index is 12.3. The van der Waals surface area contributed by atoms with Gasteiger partial charge >= 0.3 is 0 Å². The molecule has 30 heavy (non-hydrogen) atoms. The molecule has 9 heteroatoms. The highest BCUT2D eigenvalue weighted by atomic mass is 127. The van der Waals surface area contributed by atoms with Gasteiger partial charge in [-0.25, -0.2) is 0 Å². The second-order valence-corrected chi connectivity index (χ2v) is 8.74. The molecule has 0 aromatic heterocycles. The van der Waals surface area contributed by atoms with Crippen molar-refractivity contribution >= 4 is 46.6 Å². The lowest BCUT2D eigenvalue weighted by Gasteiger charge is -2.32. The monoisotopic (exact) mass is 549 g/mol. The molecule has 1 saturated heterocycles. The molecular formula is C21H36IN5O2S. The van der Waals surface area contributed by atoms with E-state index in [1.807, 2.05) is 37.3 Å². The number of nitrogens with zero attached hydrogens (tertiary/aromatic N) is 2. The Balaban J connectivity index is 0.00000450. The number of piperidine rings is 1. The first-order chi connectivity index (χ1) is 14.1. The Kier molecular flexibility index (Phi) is 13.9. The van der Waals surface area contributed by atoms with Gasteiger partial charge in [-0.2, -0.15) is 0 Å². The number of guanidine groups is 1. The lowest BCUT2D eigenvalue weighted by Crippen LogP contribution is -2.50. The summed E-state index contributed by atoms with van der Waals surface area (Å²) in [7, 11) is -1.03.